The van der Waals surface area contributed by atoms with Gasteiger partial charge >= 0.3 is 0 Å². The Hall–Kier alpha value is -2.80. The minimum atomic E-state index is -0.313. The Morgan fingerprint density at radius 1 is 1.08 bits per heavy atom. The van der Waals surface area contributed by atoms with E-state index >= 15 is 0 Å². The first-order valence-corrected chi connectivity index (χ1v) is 9.10. The van der Waals surface area contributed by atoms with Crippen LogP contribution in [0.15, 0.2) is 47.6 Å². The SMILES string of the molecule is CC(=O)Nc1ccc(NC(=O)C(C)Sc2nc3ccc(C)cc3[nH]2)cc1. The number of nitrogens with zero attached hydrogens (tertiary/aromatic N) is 1. The van der Waals surface area contributed by atoms with Crippen molar-refractivity contribution in [3.05, 3.63) is 48.0 Å². The Bertz CT molecular complexity index is 950. The Morgan fingerprint density at radius 2 is 1.73 bits per heavy atom. The molecule has 3 N–H and O–H groups in total. The summed E-state index contributed by atoms with van der Waals surface area (Å²) in [5.41, 5.74) is 4.38. The number of rotatable bonds is 5. The Balaban J connectivity index is 1.62. The highest BCUT2D eigenvalue weighted by Gasteiger charge is 2.17. The van der Waals surface area contributed by atoms with Crippen molar-refractivity contribution in [2.75, 3.05) is 10.6 Å². The van der Waals surface area contributed by atoms with Crippen LogP contribution >= 0.6 is 11.8 Å². The van der Waals surface area contributed by atoms with Crippen molar-refractivity contribution in [3.8, 4) is 0 Å². The number of amides is 2. The van der Waals surface area contributed by atoms with Crippen LogP contribution in [0.4, 0.5) is 11.4 Å². The van der Waals surface area contributed by atoms with E-state index in [0.717, 1.165) is 16.6 Å². The van der Waals surface area contributed by atoms with Gasteiger partial charge in [-0.25, -0.2) is 4.98 Å². The van der Waals surface area contributed by atoms with Crippen molar-refractivity contribution in [1.29, 1.82) is 0 Å². The van der Waals surface area contributed by atoms with Crippen LogP contribution in [0.1, 0.15) is 19.4 Å². The zero-order valence-electron chi connectivity index (χ0n) is 14.8. The van der Waals surface area contributed by atoms with E-state index < -0.39 is 0 Å². The van der Waals surface area contributed by atoms with Crippen LogP contribution in [0.3, 0.4) is 0 Å². The topological polar surface area (TPSA) is 86.9 Å². The van der Waals surface area contributed by atoms with Gasteiger partial charge in [-0.15, -0.1) is 0 Å². The molecule has 3 aromatic rings. The average molecular weight is 368 g/mol. The summed E-state index contributed by atoms with van der Waals surface area (Å²) in [6, 6.07) is 13.0. The number of benzene rings is 2. The molecule has 0 aliphatic heterocycles. The van der Waals surface area contributed by atoms with Gasteiger partial charge in [-0.05, 0) is 55.8 Å². The van der Waals surface area contributed by atoms with Crippen molar-refractivity contribution in [1.82, 2.24) is 9.97 Å². The van der Waals surface area contributed by atoms with Crippen molar-refractivity contribution in [2.24, 2.45) is 0 Å². The minimum absolute atomic E-state index is 0.112. The summed E-state index contributed by atoms with van der Waals surface area (Å²) in [6.45, 7) is 5.32. The van der Waals surface area contributed by atoms with Gasteiger partial charge in [-0.3, -0.25) is 9.59 Å². The fraction of sp³-hybridized carbons (Fsp3) is 0.211. The van der Waals surface area contributed by atoms with E-state index in [4.69, 9.17) is 0 Å². The molecule has 1 aromatic heterocycles. The molecule has 6 nitrogen and oxygen atoms in total. The second-order valence-electron chi connectivity index (χ2n) is 6.07. The first-order valence-electron chi connectivity index (χ1n) is 8.22. The molecule has 26 heavy (non-hydrogen) atoms. The fourth-order valence-electron chi connectivity index (χ4n) is 2.46. The highest BCUT2D eigenvalue weighted by Crippen LogP contribution is 2.25. The number of hydrogen-bond acceptors (Lipinski definition) is 4. The molecule has 0 aliphatic rings. The fourth-order valence-corrected chi connectivity index (χ4v) is 3.28. The number of fused-ring (bicyclic) bond motifs is 1. The second-order valence-corrected chi connectivity index (χ2v) is 7.40. The Morgan fingerprint density at radius 3 is 2.38 bits per heavy atom. The molecule has 7 heteroatoms. The van der Waals surface area contributed by atoms with Crippen molar-refractivity contribution >= 4 is 46.0 Å². The van der Waals surface area contributed by atoms with E-state index in [1.165, 1.54) is 18.7 Å². The Labute approximate surface area is 155 Å². The van der Waals surface area contributed by atoms with Crippen molar-refractivity contribution < 1.29 is 9.59 Å². The van der Waals surface area contributed by atoms with Crippen LogP contribution in [-0.2, 0) is 9.59 Å². The molecule has 1 heterocycles. The normalized spacial score (nSPS) is 12.0. The van der Waals surface area contributed by atoms with Gasteiger partial charge in [0.25, 0.3) is 0 Å². The van der Waals surface area contributed by atoms with Gasteiger partial charge in [0.05, 0.1) is 16.3 Å². The van der Waals surface area contributed by atoms with Crippen LogP contribution in [0.2, 0.25) is 0 Å². The summed E-state index contributed by atoms with van der Waals surface area (Å²) in [5, 5.41) is 5.96. The maximum atomic E-state index is 12.4. The molecule has 2 amide bonds. The van der Waals surface area contributed by atoms with Crippen LogP contribution in [0.25, 0.3) is 11.0 Å². The molecule has 0 saturated heterocycles. The zero-order valence-corrected chi connectivity index (χ0v) is 15.6. The monoisotopic (exact) mass is 368 g/mol. The molecule has 134 valence electrons. The van der Waals surface area contributed by atoms with E-state index in [-0.39, 0.29) is 17.1 Å². The third-order valence-corrected chi connectivity index (χ3v) is 4.73. The smallest absolute Gasteiger partial charge is 0.237 e. The predicted octanol–water partition coefficient (Wildman–Crippen LogP) is 3.95. The zero-order chi connectivity index (χ0) is 18.7. The van der Waals surface area contributed by atoms with Gasteiger partial charge < -0.3 is 15.6 Å². The molecular formula is C19H20N4O2S. The highest BCUT2D eigenvalue weighted by atomic mass is 32.2. The summed E-state index contributed by atoms with van der Waals surface area (Å²) < 4.78 is 0. The summed E-state index contributed by atoms with van der Waals surface area (Å²) in [5.74, 6) is -0.244. The second kappa shape index (κ2) is 7.61. The lowest BCUT2D eigenvalue weighted by Gasteiger charge is -2.11. The quantitative estimate of drug-likeness (QED) is 0.595. The van der Waals surface area contributed by atoms with E-state index in [9.17, 15) is 9.59 Å². The lowest BCUT2D eigenvalue weighted by molar-refractivity contribution is -0.115. The third-order valence-electron chi connectivity index (χ3n) is 3.75. The summed E-state index contributed by atoms with van der Waals surface area (Å²) in [4.78, 5) is 31.2. The highest BCUT2D eigenvalue weighted by molar-refractivity contribution is 8.00. The number of imidazole rings is 1. The number of nitrogens with one attached hydrogen (secondary N) is 3. The lowest BCUT2D eigenvalue weighted by atomic mass is 10.2. The van der Waals surface area contributed by atoms with Crippen LogP contribution in [-0.4, -0.2) is 27.0 Å². The number of aryl methyl sites for hydroxylation is 1. The summed E-state index contributed by atoms with van der Waals surface area (Å²) in [6.07, 6.45) is 0. The number of thioether (sulfide) groups is 1. The predicted molar refractivity (Wildman–Crippen MR) is 106 cm³/mol. The molecule has 0 aliphatic carbocycles. The molecule has 0 saturated carbocycles. The van der Waals surface area contributed by atoms with Gasteiger partial charge in [0.1, 0.15) is 0 Å². The molecule has 0 radical (unpaired) electrons. The van der Waals surface area contributed by atoms with E-state index in [1.54, 1.807) is 24.3 Å². The third kappa shape index (κ3) is 4.43. The van der Waals surface area contributed by atoms with Crippen molar-refractivity contribution in [2.45, 2.75) is 31.2 Å². The van der Waals surface area contributed by atoms with E-state index in [1.807, 2.05) is 32.0 Å². The molecule has 0 bridgehead atoms. The van der Waals surface area contributed by atoms with E-state index in [2.05, 4.69) is 20.6 Å². The molecular weight excluding hydrogens is 348 g/mol. The van der Waals surface area contributed by atoms with Crippen LogP contribution < -0.4 is 10.6 Å². The largest absolute Gasteiger partial charge is 0.333 e. The van der Waals surface area contributed by atoms with Gasteiger partial charge in [0.15, 0.2) is 5.16 Å². The number of aromatic nitrogens is 2. The van der Waals surface area contributed by atoms with Gasteiger partial charge in [-0.1, -0.05) is 17.8 Å². The van der Waals surface area contributed by atoms with Crippen LogP contribution in [0, 0.1) is 6.92 Å². The molecule has 1 atom stereocenters. The standard InChI is InChI=1S/C19H20N4O2S/c1-11-4-9-16-17(10-11)23-19(22-16)26-12(2)18(25)21-15-7-5-14(6-8-15)20-13(3)24/h4-10,12H,1-3H3,(H,20,24)(H,21,25)(H,22,23). The van der Waals surface area contributed by atoms with Gasteiger partial charge in [0.2, 0.25) is 11.8 Å². The van der Waals surface area contributed by atoms with Gasteiger partial charge in [0, 0.05) is 18.3 Å². The van der Waals surface area contributed by atoms with Crippen LogP contribution in [0.5, 0.6) is 0 Å². The first-order chi connectivity index (χ1) is 12.4. The number of hydrogen-bond donors (Lipinski definition) is 3. The number of aromatic amines is 1. The Kier molecular flexibility index (Phi) is 5.27. The minimum Gasteiger partial charge on any atom is -0.333 e. The molecule has 3 rings (SSSR count). The first kappa shape index (κ1) is 18.0. The average Bonchev–Trinajstić information content (AvgIpc) is 2.97. The number of anilines is 2. The summed E-state index contributed by atoms with van der Waals surface area (Å²) in [7, 11) is 0. The molecule has 1 unspecified atom stereocenters. The number of carbonyl (C=O) groups excluding carboxylic acids is 2. The number of carbonyl (C=O) groups is 2. The lowest BCUT2D eigenvalue weighted by Crippen LogP contribution is -2.22. The maximum absolute atomic E-state index is 12.4. The maximum Gasteiger partial charge on any atom is 0.237 e. The number of H-pyrrole nitrogens is 1. The molecule has 2 aromatic carbocycles. The van der Waals surface area contributed by atoms with Gasteiger partial charge in [-0.2, -0.15) is 0 Å². The summed E-state index contributed by atoms with van der Waals surface area (Å²) >= 11 is 1.38. The van der Waals surface area contributed by atoms with Crippen molar-refractivity contribution in [3.63, 3.8) is 0 Å². The molecule has 0 spiro atoms. The van der Waals surface area contributed by atoms with E-state index in [0.29, 0.717) is 16.5 Å². The molecule has 0 fully saturated rings.